The summed E-state index contributed by atoms with van der Waals surface area (Å²) < 4.78 is 51.6. The summed E-state index contributed by atoms with van der Waals surface area (Å²) >= 11 is 0.607. The Bertz CT molecular complexity index is 1070. The molecule has 10 heteroatoms. The van der Waals surface area contributed by atoms with Crippen molar-refractivity contribution in [2.75, 3.05) is 5.32 Å². The second-order valence-corrected chi connectivity index (χ2v) is 8.30. The molecule has 26 heavy (non-hydrogen) atoms. The van der Waals surface area contributed by atoms with Crippen LogP contribution in [0.15, 0.2) is 52.9 Å². The van der Waals surface area contributed by atoms with Crippen molar-refractivity contribution in [3.8, 4) is 0 Å². The lowest BCUT2D eigenvalue weighted by Gasteiger charge is -2.02. The van der Waals surface area contributed by atoms with Crippen LogP contribution >= 0.6 is 11.3 Å². The summed E-state index contributed by atoms with van der Waals surface area (Å²) in [6, 6.07) is 10.8. The maximum atomic E-state index is 13.6. The summed E-state index contributed by atoms with van der Waals surface area (Å²) in [5.41, 5.74) is -0.210. The minimum atomic E-state index is -3.94. The number of anilines is 1. The van der Waals surface area contributed by atoms with E-state index in [0.29, 0.717) is 11.3 Å². The first-order valence-electron chi connectivity index (χ1n) is 7.22. The summed E-state index contributed by atoms with van der Waals surface area (Å²) in [5.74, 6) is -2.73. The fraction of sp³-hybridized carbons (Fsp3) is 0.0625. The lowest BCUT2D eigenvalue weighted by Crippen LogP contribution is -2.13. The van der Waals surface area contributed by atoms with Crippen molar-refractivity contribution in [2.45, 2.75) is 10.1 Å². The zero-order valence-corrected chi connectivity index (χ0v) is 14.7. The molecule has 0 aliphatic carbocycles. The molecule has 0 spiro atoms. The SMILES string of the molecule is O=C(Nc1nnc(S(=O)(=O)Cc2ccccc2F)s1)c1ccccc1F. The van der Waals surface area contributed by atoms with E-state index in [1.54, 1.807) is 0 Å². The number of carbonyl (C=O) groups is 1. The van der Waals surface area contributed by atoms with E-state index in [-0.39, 0.29) is 20.6 Å². The van der Waals surface area contributed by atoms with Crippen molar-refractivity contribution in [1.29, 1.82) is 0 Å². The lowest BCUT2D eigenvalue weighted by atomic mass is 10.2. The van der Waals surface area contributed by atoms with Crippen LogP contribution in [0.1, 0.15) is 15.9 Å². The van der Waals surface area contributed by atoms with Crippen LogP contribution in [0, 0.1) is 11.6 Å². The Morgan fingerprint density at radius 3 is 2.35 bits per heavy atom. The normalized spacial score (nSPS) is 11.3. The molecule has 0 aliphatic heterocycles. The van der Waals surface area contributed by atoms with Crippen molar-refractivity contribution in [1.82, 2.24) is 10.2 Å². The smallest absolute Gasteiger partial charge is 0.260 e. The second-order valence-electron chi connectivity index (χ2n) is 5.16. The van der Waals surface area contributed by atoms with Gasteiger partial charge >= 0.3 is 0 Å². The van der Waals surface area contributed by atoms with Gasteiger partial charge in [-0.3, -0.25) is 10.1 Å². The molecule has 6 nitrogen and oxygen atoms in total. The second kappa shape index (κ2) is 7.26. The van der Waals surface area contributed by atoms with E-state index in [9.17, 15) is 22.0 Å². The molecular formula is C16H11F2N3O3S2. The van der Waals surface area contributed by atoms with Crippen molar-refractivity contribution >= 4 is 32.2 Å². The maximum Gasteiger partial charge on any atom is 0.260 e. The third-order valence-electron chi connectivity index (χ3n) is 3.31. The van der Waals surface area contributed by atoms with Gasteiger partial charge in [0.25, 0.3) is 5.91 Å². The average Bonchev–Trinajstić information content (AvgIpc) is 3.06. The van der Waals surface area contributed by atoms with Crippen molar-refractivity contribution < 1.29 is 22.0 Å². The van der Waals surface area contributed by atoms with E-state index >= 15 is 0 Å². The first-order chi connectivity index (χ1) is 12.4. The zero-order valence-electron chi connectivity index (χ0n) is 13.0. The van der Waals surface area contributed by atoms with E-state index in [1.165, 1.54) is 36.4 Å². The molecule has 1 aromatic heterocycles. The largest absolute Gasteiger partial charge is 0.296 e. The van der Waals surface area contributed by atoms with E-state index in [2.05, 4.69) is 15.5 Å². The van der Waals surface area contributed by atoms with Gasteiger partial charge in [-0.2, -0.15) is 0 Å². The molecule has 0 atom stereocenters. The highest BCUT2D eigenvalue weighted by Crippen LogP contribution is 2.24. The van der Waals surface area contributed by atoms with Gasteiger partial charge in [-0.15, -0.1) is 10.2 Å². The Balaban J connectivity index is 1.78. The van der Waals surface area contributed by atoms with Crippen molar-refractivity contribution in [3.05, 3.63) is 71.3 Å². The number of carbonyl (C=O) groups excluding carboxylic acids is 1. The van der Waals surface area contributed by atoms with E-state index in [1.807, 2.05) is 0 Å². The molecule has 0 radical (unpaired) electrons. The highest BCUT2D eigenvalue weighted by Gasteiger charge is 2.23. The monoisotopic (exact) mass is 395 g/mol. The predicted octanol–water partition coefficient (Wildman–Crippen LogP) is 3.04. The summed E-state index contributed by atoms with van der Waals surface area (Å²) in [6.07, 6.45) is 0. The van der Waals surface area contributed by atoms with Crippen LogP contribution in [0.2, 0.25) is 0 Å². The zero-order chi connectivity index (χ0) is 18.7. The average molecular weight is 395 g/mol. The van der Waals surface area contributed by atoms with Crippen LogP contribution < -0.4 is 5.32 Å². The minimum Gasteiger partial charge on any atom is -0.296 e. The van der Waals surface area contributed by atoms with Gasteiger partial charge in [-0.1, -0.05) is 41.7 Å². The molecule has 0 fully saturated rings. The fourth-order valence-corrected chi connectivity index (χ4v) is 4.40. The van der Waals surface area contributed by atoms with Crippen molar-refractivity contribution in [2.24, 2.45) is 0 Å². The highest BCUT2D eigenvalue weighted by atomic mass is 32.2. The predicted molar refractivity (Wildman–Crippen MR) is 91.6 cm³/mol. The van der Waals surface area contributed by atoms with Crippen LogP contribution in [-0.2, 0) is 15.6 Å². The number of nitrogens with one attached hydrogen (secondary N) is 1. The summed E-state index contributed by atoms with van der Waals surface area (Å²) in [6.45, 7) is 0. The number of hydrogen-bond donors (Lipinski definition) is 1. The first kappa shape index (κ1) is 18.1. The molecule has 3 aromatic rings. The van der Waals surface area contributed by atoms with E-state index in [0.717, 1.165) is 12.1 Å². The summed E-state index contributed by atoms with van der Waals surface area (Å²) in [5, 5.41) is 9.30. The third kappa shape index (κ3) is 3.92. The molecule has 0 saturated heterocycles. The Kier molecular flexibility index (Phi) is 5.05. The molecule has 0 aliphatic rings. The van der Waals surface area contributed by atoms with Crippen LogP contribution in [0.25, 0.3) is 0 Å². The number of benzene rings is 2. The highest BCUT2D eigenvalue weighted by molar-refractivity contribution is 7.92. The number of rotatable bonds is 5. The minimum absolute atomic E-state index is 0.000331. The quantitative estimate of drug-likeness (QED) is 0.671. The number of aromatic nitrogens is 2. The van der Waals surface area contributed by atoms with Crippen molar-refractivity contribution in [3.63, 3.8) is 0 Å². The van der Waals surface area contributed by atoms with Crippen LogP contribution in [0.4, 0.5) is 13.9 Å². The number of sulfone groups is 1. The number of hydrogen-bond acceptors (Lipinski definition) is 6. The molecule has 0 bridgehead atoms. The molecule has 1 heterocycles. The topological polar surface area (TPSA) is 89.0 Å². The molecular weight excluding hydrogens is 384 g/mol. The number of nitrogens with zero attached hydrogens (tertiary/aromatic N) is 2. The standard InChI is InChI=1S/C16H11F2N3O3S2/c17-12-7-3-1-5-10(12)9-26(23,24)16-21-20-15(25-16)19-14(22)11-6-2-4-8-13(11)18/h1-8H,9H2,(H,19,20,22). The summed E-state index contributed by atoms with van der Waals surface area (Å²) in [4.78, 5) is 12.0. The first-order valence-corrected chi connectivity index (χ1v) is 9.69. The molecule has 134 valence electrons. The maximum absolute atomic E-state index is 13.6. The van der Waals surface area contributed by atoms with Gasteiger partial charge in [-0.25, -0.2) is 17.2 Å². The van der Waals surface area contributed by atoms with Crippen LogP contribution in [0.5, 0.6) is 0 Å². The van der Waals surface area contributed by atoms with Gasteiger partial charge < -0.3 is 0 Å². The van der Waals surface area contributed by atoms with Crippen LogP contribution in [-0.4, -0.2) is 24.5 Å². The van der Waals surface area contributed by atoms with Gasteiger partial charge in [0.2, 0.25) is 19.3 Å². The van der Waals surface area contributed by atoms with Crippen LogP contribution in [0.3, 0.4) is 0 Å². The van der Waals surface area contributed by atoms with Gasteiger partial charge in [0.1, 0.15) is 11.6 Å². The third-order valence-corrected chi connectivity index (χ3v) is 6.26. The van der Waals surface area contributed by atoms with E-state index < -0.39 is 33.1 Å². The lowest BCUT2D eigenvalue weighted by molar-refractivity contribution is 0.102. The molecule has 1 N–H and O–H groups in total. The summed E-state index contributed by atoms with van der Waals surface area (Å²) in [7, 11) is -3.94. The van der Waals surface area contributed by atoms with Gasteiger partial charge in [0.15, 0.2) is 0 Å². The van der Waals surface area contributed by atoms with Gasteiger partial charge in [0.05, 0.1) is 11.3 Å². The molecule has 2 aromatic carbocycles. The number of halogens is 2. The Labute approximate surface area is 151 Å². The Morgan fingerprint density at radius 2 is 1.65 bits per heavy atom. The number of amides is 1. The van der Waals surface area contributed by atoms with Gasteiger partial charge in [-0.05, 0) is 18.2 Å². The molecule has 0 unspecified atom stereocenters. The Morgan fingerprint density at radius 1 is 1.00 bits per heavy atom. The molecule has 3 rings (SSSR count). The van der Waals surface area contributed by atoms with E-state index in [4.69, 9.17) is 0 Å². The molecule has 0 saturated carbocycles. The molecule has 1 amide bonds. The fourth-order valence-electron chi connectivity index (χ4n) is 2.08. The Hall–Kier alpha value is -2.72. The van der Waals surface area contributed by atoms with Gasteiger partial charge in [0, 0.05) is 5.56 Å².